The van der Waals surface area contributed by atoms with E-state index >= 15 is 0 Å². The van der Waals surface area contributed by atoms with Crippen LogP contribution in [0, 0.1) is 5.41 Å². The van der Waals surface area contributed by atoms with Gasteiger partial charge in [-0.1, -0.05) is 126 Å². The molecule has 0 bridgehead atoms. The van der Waals surface area contributed by atoms with Gasteiger partial charge in [0.15, 0.2) is 0 Å². The van der Waals surface area contributed by atoms with Gasteiger partial charge < -0.3 is 4.98 Å². The van der Waals surface area contributed by atoms with Gasteiger partial charge in [-0.3, -0.25) is 0 Å². The van der Waals surface area contributed by atoms with Crippen molar-refractivity contribution >= 4 is 10.9 Å². The Morgan fingerprint density at radius 3 is 1.75 bits per heavy atom. The average Bonchev–Trinajstić information content (AvgIpc) is 3.40. The maximum Gasteiger partial charge on any atom is 0.0512 e. The molecule has 1 aliphatic rings. The van der Waals surface area contributed by atoms with Crippen LogP contribution in [0.4, 0.5) is 0 Å². The number of nitrogens with one attached hydrogen (secondary N) is 1. The van der Waals surface area contributed by atoms with Crippen molar-refractivity contribution in [3.05, 3.63) is 119 Å². The number of H-pyrrole nitrogens is 1. The number of rotatable bonds is 2. The molecule has 36 heavy (non-hydrogen) atoms. The lowest BCUT2D eigenvalue weighted by molar-refractivity contribution is 0.278. The quantitative estimate of drug-likeness (QED) is 0.265. The van der Waals surface area contributed by atoms with Crippen molar-refractivity contribution in [2.75, 3.05) is 0 Å². The molecule has 180 valence electrons. The van der Waals surface area contributed by atoms with E-state index in [1.807, 2.05) is 0 Å². The van der Waals surface area contributed by atoms with Gasteiger partial charge in [-0.05, 0) is 61.9 Å². The van der Waals surface area contributed by atoms with Crippen LogP contribution in [0.1, 0.15) is 63.8 Å². The van der Waals surface area contributed by atoms with Gasteiger partial charge in [0, 0.05) is 16.6 Å². The lowest BCUT2D eigenvalue weighted by Crippen LogP contribution is -2.40. The largest absolute Gasteiger partial charge is 0.355 e. The molecule has 0 aliphatic heterocycles. The molecule has 1 nitrogen and oxygen atoms in total. The molecule has 5 aromatic rings. The SMILES string of the molecule is CC(C)(C)c1ccc(-c2cc3ccc(C4(C(C)(C)C)c5ccccc5-c5ccccc54)cc3[nH]2)cc1. The van der Waals surface area contributed by atoms with Crippen LogP contribution in [-0.2, 0) is 10.8 Å². The Morgan fingerprint density at radius 2 is 1.19 bits per heavy atom. The van der Waals surface area contributed by atoms with Crippen LogP contribution in [0.5, 0.6) is 0 Å². The second-order valence-electron chi connectivity index (χ2n) is 12.4. The molecule has 0 amide bonds. The molecule has 1 N–H and O–H groups in total. The zero-order valence-electron chi connectivity index (χ0n) is 22.2. The zero-order valence-corrected chi connectivity index (χ0v) is 22.2. The van der Waals surface area contributed by atoms with Gasteiger partial charge in [-0.2, -0.15) is 0 Å². The van der Waals surface area contributed by atoms with Gasteiger partial charge in [-0.25, -0.2) is 0 Å². The molecule has 0 atom stereocenters. The number of fused-ring (bicyclic) bond motifs is 4. The van der Waals surface area contributed by atoms with Gasteiger partial charge in [-0.15, -0.1) is 0 Å². The molecule has 0 radical (unpaired) electrons. The molecule has 0 saturated carbocycles. The summed E-state index contributed by atoms with van der Waals surface area (Å²) in [6.45, 7) is 13.9. The van der Waals surface area contributed by atoms with E-state index in [4.69, 9.17) is 0 Å². The average molecular weight is 470 g/mol. The van der Waals surface area contributed by atoms with Crippen molar-refractivity contribution in [2.45, 2.75) is 52.4 Å². The summed E-state index contributed by atoms with van der Waals surface area (Å²) in [7, 11) is 0. The maximum absolute atomic E-state index is 3.75. The minimum Gasteiger partial charge on any atom is -0.355 e. The molecule has 6 rings (SSSR count). The summed E-state index contributed by atoms with van der Waals surface area (Å²) in [5, 5.41) is 1.25. The summed E-state index contributed by atoms with van der Waals surface area (Å²) in [6.07, 6.45) is 0. The predicted octanol–water partition coefficient (Wildman–Crippen LogP) is 9.49. The first kappa shape index (κ1) is 22.9. The van der Waals surface area contributed by atoms with Crippen LogP contribution in [0.2, 0.25) is 0 Å². The Hall–Kier alpha value is -3.58. The molecule has 0 spiro atoms. The van der Waals surface area contributed by atoms with E-state index in [2.05, 4.69) is 144 Å². The lowest BCUT2D eigenvalue weighted by atomic mass is 9.57. The first-order chi connectivity index (χ1) is 17.1. The Kier molecular flexibility index (Phi) is 4.89. The Morgan fingerprint density at radius 1 is 0.611 bits per heavy atom. The fourth-order valence-electron chi connectivity index (χ4n) is 6.45. The van der Waals surface area contributed by atoms with E-state index in [9.17, 15) is 0 Å². The van der Waals surface area contributed by atoms with Crippen molar-refractivity contribution in [1.29, 1.82) is 0 Å². The highest BCUT2D eigenvalue weighted by Crippen LogP contribution is 2.60. The van der Waals surface area contributed by atoms with Crippen molar-refractivity contribution in [2.24, 2.45) is 5.41 Å². The van der Waals surface area contributed by atoms with Gasteiger partial charge in [0.25, 0.3) is 0 Å². The molecule has 1 aliphatic carbocycles. The van der Waals surface area contributed by atoms with E-state index in [1.54, 1.807) is 0 Å². The van der Waals surface area contributed by atoms with Crippen molar-refractivity contribution < 1.29 is 0 Å². The summed E-state index contributed by atoms with van der Waals surface area (Å²) >= 11 is 0. The lowest BCUT2D eigenvalue weighted by Gasteiger charge is -2.44. The smallest absolute Gasteiger partial charge is 0.0512 e. The third-order valence-corrected chi connectivity index (χ3v) is 8.19. The fourth-order valence-corrected chi connectivity index (χ4v) is 6.45. The number of aromatic amines is 1. The molecular weight excluding hydrogens is 434 g/mol. The monoisotopic (exact) mass is 469 g/mol. The zero-order chi connectivity index (χ0) is 25.3. The number of benzene rings is 4. The van der Waals surface area contributed by atoms with Gasteiger partial charge in [0.05, 0.1) is 5.41 Å². The van der Waals surface area contributed by atoms with E-state index in [-0.39, 0.29) is 16.2 Å². The summed E-state index contributed by atoms with van der Waals surface area (Å²) in [6, 6.07) is 36.3. The van der Waals surface area contributed by atoms with Crippen molar-refractivity contribution in [3.8, 4) is 22.4 Å². The summed E-state index contributed by atoms with van der Waals surface area (Å²) in [5.74, 6) is 0. The van der Waals surface area contributed by atoms with Crippen molar-refractivity contribution in [3.63, 3.8) is 0 Å². The number of hydrogen-bond donors (Lipinski definition) is 1. The van der Waals surface area contributed by atoms with Gasteiger partial charge >= 0.3 is 0 Å². The number of aromatic nitrogens is 1. The minimum atomic E-state index is -0.228. The van der Waals surface area contributed by atoms with Crippen molar-refractivity contribution in [1.82, 2.24) is 4.98 Å². The highest BCUT2D eigenvalue weighted by molar-refractivity contribution is 5.89. The number of hydrogen-bond acceptors (Lipinski definition) is 0. The molecule has 0 fully saturated rings. The fraction of sp³-hybridized carbons (Fsp3) is 0.257. The van der Waals surface area contributed by atoms with Crippen LogP contribution in [0.15, 0.2) is 97.1 Å². The van der Waals surface area contributed by atoms with Crippen LogP contribution < -0.4 is 0 Å². The highest BCUT2D eigenvalue weighted by Gasteiger charge is 2.52. The molecule has 1 heteroatoms. The third kappa shape index (κ3) is 3.22. The van der Waals surface area contributed by atoms with Crippen LogP contribution >= 0.6 is 0 Å². The van der Waals surface area contributed by atoms with E-state index in [1.165, 1.54) is 55.5 Å². The van der Waals surface area contributed by atoms with Crippen LogP contribution in [-0.4, -0.2) is 4.98 Å². The van der Waals surface area contributed by atoms with E-state index in [0.717, 1.165) is 0 Å². The van der Waals surface area contributed by atoms with Crippen LogP contribution in [0.3, 0.4) is 0 Å². The standard InChI is InChI=1S/C35H35N/c1-33(2,3)25-18-15-23(16-19-25)31-21-24-17-20-26(22-32(24)36-31)35(34(4,5)6)29-13-9-7-11-27(29)28-12-8-10-14-30(28)35/h7-22,36H,1-6H3. The summed E-state index contributed by atoms with van der Waals surface area (Å²) in [4.78, 5) is 3.75. The second kappa shape index (κ2) is 7.71. The third-order valence-electron chi connectivity index (χ3n) is 8.19. The van der Waals surface area contributed by atoms with Crippen LogP contribution in [0.25, 0.3) is 33.3 Å². The molecule has 4 aromatic carbocycles. The summed E-state index contributed by atoms with van der Waals surface area (Å²) in [5.41, 5.74) is 11.7. The highest BCUT2D eigenvalue weighted by atomic mass is 14.7. The first-order valence-corrected chi connectivity index (χ1v) is 13.0. The summed E-state index contributed by atoms with van der Waals surface area (Å²) < 4.78 is 0. The molecule has 0 unspecified atom stereocenters. The maximum atomic E-state index is 3.75. The molecular formula is C35H35N. The minimum absolute atomic E-state index is 0.0262. The molecule has 1 heterocycles. The molecule has 0 saturated heterocycles. The first-order valence-electron chi connectivity index (χ1n) is 13.0. The topological polar surface area (TPSA) is 15.8 Å². The normalized spacial score (nSPS) is 14.6. The second-order valence-corrected chi connectivity index (χ2v) is 12.4. The van der Waals surface area contributed by atoms with Gasteiger partial charge in [0.2, 0.25) is 0 Å². The van der Waals surface area contributed by atoms with E-state index < -0.39 is 0 Å². The Balaban J connectivity index is 1.54. The Bertz CT molecular complexity index is 1540. The predicted molar refractivity (Wildman–Crippen MR) is 154 cm³/mol. The Labute approximate surface area is 215 Å². The van der Waals surface area contributed by atoms with Gasteiger partial charge in [0.1, 0.15) is 0 Å². The van der Waals surface area contributed by atoms with E-state index in [0.29, 0.717) is 0 Å². The molecule has 1 aromatic heterocycles.